The predicted octanol–water partition coefficient (Wildman–Crippen LogP) is 10.9. The van der Waals surface area contributed by atoms with Crippen LogP contribution in [0.15, 0.2) is 109 Å². The van der Waals surface area contributed by atoms with Crippen LogP contribution in [0.2, 0.25) is 0 Å². The molecular formula is C32H26BrI. The number of alkyl halides is 2. The maximum Gasteiger partial charge on any atom is 0.0379 e. The quantitative estimate of drug-likeness (QED) is 0.103. The minimum Gasteiger partial charge on any atom is -0.0841 e. The van der Waals surface area contributed by atoms with E-state index in [0.29, 0.717) is 8.75 Å². The highest BCUT2D eigenvalue weighted by Crippen LogP contribution is 2.37. The minimum atomic E-state index is 0.360. The van der Waals surface area contributed by atoms with Crippen LogP contribution in [0.25, 0.3) is 43.1 Å². The molecule has 0 saturated heterocycles. The second-order valence-corrected chi connectivity index (χ2v) is 11.9. The first-order valence-corrected chi connectivity index (χ1v) is 13.8. The van der Waals surface area contributed by atoms with Crippen LogP contribution >= 0.6 is 38.5 Å². The Hall–Kier alpha value is -2.43. The number of halogens is 2. The summed E-state index contributed by atoms with van der Waals surface area (Å²) in [6.45, 7) is 4.45. The molecule has 0 aromatic heterocycles. The SMILES string of the molecule is CC(Br)c1c2ccccc2cc2ccccc12.CC(I)c1c2ccccc2cc2ccccc12. The van der Waals surface area contributed by atoms with Crippen molar-refractivity contribution in [3.8, 4) is 0 Å². The van der Waals surface area contributed by atoms with Gasteiger partial charge < -0.3 is 0 Å². The largest absolute Gasteiger partial charge is 0.0841 e. The molecule has 0 aliphatic heterocycles. The molecule has 2 heteroatoms. The molecular weight excluding hydrogens is 591 g/mol. The standard InChI is InChI=1S/C16H13Br.C16H13I/c2*1-11(17)16-14-8-4-2-6-12(14)10-13-7-3-5-9-15(13)16/h2*2-11H,1H3. The summed E-state index contributed by atoms with van der Waals surface area (Å²) in [7, 11) is 0. The lowest BCUT2D eigenvalue weighted by Gasteiger charge is -2.13. The van der Waals surface area contributed by atoms with Gasteiger partial charge in [0.1, 0.15) is 0 Å². The predicted molar refractivity (Wildman–Crippen MR) is 163 cm³/mol. The molecule has 0 fully saturated rings. The molecule has 0 saturated carbocycles. The summed E-state index contributed by atoms with van der Waals surface area (Å²) < 4.78 is 0.517. The van der Waals surface area contributed by atoms with Crippen molar-refractivity contribution in [2.24, 2.45) is 0 Å². The zero-order chi connectivity index (χ0) is 23.7. The summed E-state index contributed by atoms with van der Waals surface area (Å²) in [5.41, 5.74) is 2.85. The van der Waals surface area contributed by atoms with Crippen LogP contribution < -0.4 is 0 Å². The Labute approximate surface area is 223 Å². The van der Waals surface area contributed by atoms with Crippen LogP contribution in [-0.4, -0.2) is 0 Å². The summed E-state index contributed by atoms with van der Waals surface area (Å²) in [6, 6.07) is 39.1. The van der Waals surface area contributed by atoms with Crippen LogP contribution in [-0.2, 0) is 0 Å². The van der Waals surface area contributed by atoms with Gasteiger partial charge in [-0.25, -0.2) is 0 Å². The van der Waals surface area contributed by atoms with Crippen LogP contribution in [0.1, 0.15) is 33.7 Å². The second-order valence-electron chi connectivity index (χ2n) is 8.70. The molecule has 6 rings (SSSR count). The zero-order valence-electron chi connectivity index (χ0n) is 19.3. The topological polar surface area (TPSA) is 0 Å². The van der Waals surface area contributed by atoms with Crippen molar-refractivity contribution < 1.29 is 0 Å². The Balaban J connectivity index is 0.000000142. The van der Waals surface area contributed by atoms with Crippen molar-refractivity contribution in [2.75, 3.05) is 0 Å². The van der Waals surface area contributed by atoms with E-state index in [2.05, 4.69) is 162 Å². The minimum absolute atomic E-state index is 0.360. The van der Waals surface area contributed by atoms with Gasteiger partial charge in [0.15, 0.2) is 0 Å². The Kier molecular flexibility index (Phi) is 6.89. The van der Waals surface area contributed by atoms with Crippen LogP contribution in [0, 0.1) is 0 Å². The fraction of sp³-hybridized carbons (Fsp3) is 0.125. The third-order valence-corrected chi connectivity index (χ3v) is 7.50. The van der Waals surface area contributed by atoms with Crippen molar-refractivity contribution in [3.05, 3.63) is 120 Å². The normalized spacial score (nSPS) is 13.1. The molecule has 0 nitrogen and oxygen atoms in total. The maximum absolute atomic E-state index is 3.72. The number of benzene rings is 6. The van der Waals surface area contributed by atoms with E-state index in [0.717, 1.165) is 0 Å². The summed E-state index contributed by atoms with van der Waals surface area (Å²) in [6.07, 6.45) is 0. The molecule has 6 aromatic carbocycles. The molecule has 2 atom stereocenters. The third kappa shape index (κ3) is 4.46. The molecule has 34 heavy (non-hydrogen) atoms. The first-order valence-electron chi connectivity index (χ1n) is 11.6. The lowest BCUT2D eigenvalue weighted by molar-refractivity contribution is 1.16. The zero-order valence-corrected chi connectivity index (χ0v) is 23.0. The van der Waals surface area contributed by atoms with Gasteiger partial charge in [-0.05, 0) is 80.2 Å². The molecule has 168 valence electrons. The van der Waals surface area contributed by atoms with Crippen LogP contribution in [0.5, 0.6) is 0 Å². The van der Waals surface area contributed by atoms with E-state index < -0.39 is 0 Å². The first-order chi connectivity index (χ1) is 16.5. The highest BCUT2D eigenvalue weighted by atomic mass is 127. The summed E-state index contributed by atoms with van der Waals surface area (Å²) in [5.74, 6) is 0. The molecule has 0 radical (unpaired) electrons. The molecule has 0 aliphatic rings. The van der Waals surface area contributed by atoms with E-state index >= 15 is 0 Å². The Morgan fingerprint density at radius 1 is 0.500 bits per heavy atom. The highest BCUT2D eigenvalue weighted by Gasteiger charge is 2.12. The van der Waals surface area contributed by atoms with E-state index in [-0.39, 0.29) is 0 Å². The number of hydrogen-bond donors (Lipinski definition) is 0. The molecule has 0 heterocycles. The van der Waals surface area contributed by atoms with Crippen molar-refractivity contribution in [2.45, 2.75) is 22.6 Å². The number of rotatable bonds is 2. The number of hydrogen-bond acceptors (Lipinski definition) is 0. The fourth-order valence-corrected chi connectivity index (χ4v) is 6.12. The number of fused-ring (bicyclic) bond motifs is 4. The van der Waals surface area contributed by atoms with Crippen molar-refractivity contribution >= 4 is 81.6 Å². The van der Waals surface area contributed by atoms with Crippen molar-refractivity contribution in [1.29, 1.82) is 0 Å². The molecule has 0 aliphatic carbocycles. The van der Waals surface area contributed by atoms with E-state index in [1.165, 1.54) is 54.2 Å². The summed E-state index contributed by atoms with van der Waals surface area (Å²) in [5, 5.41) is 10.8. The smallest absolute Gasteiger partial charge is 0.0379 e. The molecule has 0 bridgehead atoms. The lowest BCUT2D eigenvalue weighted by atomic mass is 9.95. The van der Waals surface area contributed by atoms with Gasteiger partial charge in [-0.3, -0.25) is 0 Å². The van der Waals surface area contributed by atoms with Gasteiger partial charge >= 0.3 is 0 Å². The fourth-order valence-electron chi connectivity index (χ4n) is 4.95. The van der Waals surface area contributed by atoms with Gasteiger partial charge in [0.2, 0.25) is 0 Å². The second kappa shape index (κ2) is 10.1. The lowest BCUT2D eigenvalue weighted by Crippen LogP contribution is -1.89. The maximum atomic E-state index is 3.72. The van der Waals surface area contributed by atoms with Gasteiger partial charge in [-0.2, -0.15) is 0 Å². The van der Waals surface area contributed by atoms with Crippen LogP contribution in [0.4, 0.5) is 0 Å². The first kappa shape index (κ1) is 23.3. The van der Waals surface area contributed by atoms with Gasteiger partial charge in [0.05, 0.1) is 0 Å². The van der Waals surface area contributed by atoms with Crippen LogP contribution in [0.3, 0.4) is 0 Å². The van der Waals surface area contributed by atoms with Gasteiger partial charge in [0.25, 0.3) is 0 Å². The Morgan fingerprint density at radius 3 is 1.09 bits per heavy atom. The Bertz CT molecular complexity index is 1380. The van der Waals surface area contributed by atoms with Gasteiger partial charge in [-0.15, -0.1) is 0 Å². The molecule has 6 aromatic rings. The van der Waals surface area contributed by atoms with Crippen molar-refractivity contribution in [3.63, 3.8) is 0 Å². The van der Waals surface area contributed by atoms with Crippen molar-refractivity contribution in [1.82, 2.24) is 0 Å². The molecule has 0 N–H and O–H groups in total. The van der Waals surface area contributed by atoms with E-state index in [9.17, 15) is 0 Å². The molecule has 0 spiro atoms. The average molecular weight is 617 g/mol. The van der Waals surface area contributed by atoms with E-state index in [4.69, 9.17) is 0 Å². The summed E-state index contributed by atoms with van der Waals surface area (Å²) in [4.78, 5) is 0.360. The van der Waals surface area contributed by atoms with Gasteiger partial charge in [-0.1, -0.05) is 136 Å². The average Bonchev–Trinajstić information content (AvgIpc) is 2.85. The van der Waals surface area contributed by atoms with E-state index in [1.807, 2.05) is 0 Å². The molecule has 2 unspecified atom stereocenters. The monoisotopic (exact) mass is 616 g/mol. The van der Waals surface area contributed by atoms with E-state index in [1.54, 1.807) is 0 Å². The molecule has 0 amide bonds. The Morgan fingerprint density at radius 2 is 0.794 bits per heavy atom. The third-order valence-electron chi connectivity index (χ3n) is 6.42. The van der Waals surface area contributed by atoms with Gasteiger partial charge in [0, 0.05) is 8.75 Å². The summed E-state index contributed by atoms with van der Waals surface area (Å²) >= 11 is 6.23. The highest BCUT2D eigenvalue weighted by molar-refractivity contribution is 14.1.